The number of hydrogen-bond donors (Lipinski definition) is 2. The number of aliphatic hydroxyl groups excluding tert-OH is 1. The van der Waals surface area contributed by atoms with Crippen LogP contribution in [-0.2, 0) is 6.42 Å². The largest absolute Gasteiger partial charge is 0.469 e. The van der Waals surface area contributed by atoms with Crippen LogP contribution in [0.1, 0.15) is 37.1 Å². The van der Waals surface area contributed by atoms with E-state index in [1.165, 1.54) is 5.56 Å². The number of aryl methyl sites for hydroxylation is 1. The molecule has 1 heterocycles. The summed E-state index contributed by atoms with van der Waals surface area (Å²) in [6, 6.07) is 2.55. The van der Waals surface area contributed by atoms with Gasteiger partial charge in [-0.2, -0.15) is 0 Å². The van der Waals surface area contributed by atoms with Crippen LogP contribution in [0.15, 0.2) is 16.7 Å². The van der Waals surface area contributed by atoms with E-state index >= 15 is 0 Å². The van der Waals surface area contributed by atoms with Crippen LogP contribution in [-0.4, -0.2) is 17.8 Å². The summed E-state index contributed by atoms with van der Waals surface area (Å²) < 4.78 is 5.40. The van der Waals surface area contributed by atoms with Crippen molar-refractivity contribution in [3.8, 4) is 0 Å². The standard InChI is InChI=1S/C11H17NO2/c1-8(7-13)12-10-3-2-4-11-9(10)5-6-14-11/h5-6,8,10,12-13H,2-4,7H2,1H3. The molecule has 0 saturated heterocycles. The maximum atomic E-state index is 8.98. The second-order valence-electron chi connectivity index (χ2n) is 3.99. The van der Waals surface area contributed by atoms with Gasteiger partial charge in [-0.05, 0) is 25.8 Å². The molecule has 0 radical (unpaired) electrons. The number of rotatable bonds is 3. The zero-order valence-electron chi connectivity index (χ0n) is 8.49. The summed E-state index contributed by atoms with van der Waals surface area (Å²) in [5, 5.41) is 12.4. The molecule has 0 spiro atoms. The van der Waals surface area contributed by atoms with E-state index in [4.69, 9.17) is 9.52 Å². The fraction of sp³-hybridized carbons (Fsp3) is 0.636. The second-order valence-corrected chi connectivity index (χ2v) is 3.99. The fourth-order valence-electron chi connectivity index (χ4n) is 2.06. The average Bonchev–Trinajstić information content (AvgIpc) is 2.66. The first-order valence-electron chi connectivity index (χ1n) is 5.24. The van der Waals surface area contributed by atoms with Crippen molar-refractivity contribution in [3.05, 3.63) is 23.7 Å². The third-order valence-corrected chi connectivity index (χ3v) is 2.81. The lowest BCUT2D eigenvalue weighted by molar-refractivity contribution is 0.235. The molecule has 0 aromatic carbocycles. The molecule has 2 unspecified atom stereocenters. The Hall–Kier alpha value is -0.800. The first-order chi connectivity index (χ1) is 6.81. The van der Waals surface area contributed by atoms with Gasteiger partial charge in [0.2, 0.25) is 0 Å². The van der Waals surface area contributed by atoms with Gasteiger partial charge in [0.25, 0.3) is 0 Å². The van der Waals surface area contributed by atoms with E-state index in [2.05, 4.69) is 5.32 Å². The van der Waals surface area contributed by atoms with Gasteiger partial charge in [0, 0.05) is 24.1 Å². The van der Waals surface area contributed by atoms with Crippen LogP contribution < -0.4 is 5.32 Å². The van der Waals surface area contributed by atoms with Crippen molar-refractivity contribution in [1.29, 1.82) is 0 Å². The highest BCUT2D eigenvalue weighted by atomic mass is 16.3. The highest BCUT2D eigenvalue weighted by molar-refractivity contribution is 5.24. The molecule has 2 N–H and O–H groups in total. The van der Waals surface area contributed by atoms with E-state index in [0.717, 1.165) is 25.0 Å². The van der Waals surface area contributed by atoms with E-state index in [1.807, 2.05) is 13.0 Å². The molecule has 1 aliphatic rings. The van der Waals surface area contributed by atoms with Gasteiger partial charge in [-0.15, -0.1) is 0 Å². The number of aliphatic hydroxyl groups is 1. The first kappa shape index (κ1) is 9.74. The van der Waals surface area contributed by atoms with Crippen molar-refractivity contribution in [2.45, 2.75) is 38.3 Å². The SMILES string of the molecule is CC(CO)NC1CCCc2occc21. The predicted molar refractivity (Wildman–Crippen MR) is 54.1 cm³/mol. The van der Waals surface area contributed by atoms with Crippen LogP contribution in [0.4, 0.5) is 0 Å². The molecular weight excluding hydrogens is 178 g/mol. The van der Waals surface area contributed by atoms with Gasteiger partial charge < -0.3 is 14.8 Å². The average molecular weight is 195 g/mol. The van der Waals surface area contributed by atoms with E-state index in [-0.39, 0.29) is 12.6 Å². The van der Waals surface area contributed by atoms with Crippen LogP contribution in [0.5, 0.6) is 0 Å². The van der Waals surface area contributed by atoms with Crippen molar-refractivity contribution in [2.24, 2.45) is 0 Å². The molecule has 1 aromatic rings. The Morgan fingerprint density at radius 3 is 3.36 bits per heavy atom. The van der Waals surface area contributed by atoms with Gasteiger partial charge in [-0.25, -0.2) is 0 Å². The minimum absolute atomic E-state index is 0.154. The number of nitrogens with one attached hydrogen (secondary N) is 1. The fourth-order valence-corrected chi connectivity index (χ4v) is 2.06. The third kappa shape index (κ3) is 1.83. The highest BCUT2D eigenvalue weighted by Gasteiger charge is 2.23. The molecule has 3 nitrogen and oxygen atoms in total. The molecular formula is C11H17NO2. The molecule has 3 heteroatoms. The first-order valence-corrected chi connectivity index (χ1v) is 5.24. The van der Waals surface area contributed by atoms with Gasteiger partial charge in [-0.1, -0.05) is 0 Å². The summed E-state index contributed by atoms with van der Waals surface area (Å²) in [4.78, 5) is 0. The van der Waals surface area contributed by atoms with Crippen molar-refractivity contribution >= 4 is 0 Å². The quantitative estimate of drug-likeness (QED) is 0.770. The third-order valence-electron chi connectivity index (χ3n) is 2.81. The molecule has 78 valence electrons. The zero-order valence-corrected chi connectivity index (χ0v) is 8.49. The number of fused-ring (bicyclic) bond motifs is 1. The summed E-state index contributed by atoms with van der Waals surface area (Å²) in [5.41, 5.74) is 1.27. The molecule has 14 heavy (non-hydrogen) atoms. The Bertz CT molecular complexity index is 295. The monoisotopic (exact) mass is 195 g/mol. The Kier molecular flexibility index (Phi) is 2.89. The van der Waals surface area contributed by atoms with Crippen molar-refractivity contribution in [3.63, 3.8) is 0 Å². The predicted octanol–water partition coefficient (Wildman–Crippen LogP) is 1.63. The summed E-state index contributed by atoms with van der Waals surface area (Å²) in [7, 11) is 0. The lowest BCUT2D eigenvalue weighted by atomic mass is 9.93. The van der Waals surface area contributed by atoms with E-state index in [1.54, 1.807) is 6.26 Å². The number of hydrogen-bond acceptors (Lipinski definition) is 3. The molecule has 0 fully saturated rings. The maximum Gasteiger partial charge on any atom is 0.108 e. The zero-order chi connectivity index (χ0) is 9.97. The molecule has 0 saturated carbocycles. The lowest BCUT2D eigenvalue weighted by Crippen LogP contribution is -2.34. The Labute approximate surface area is 84.1 Å². The molecule has 1 aliphatic carbocycles. The maximum absolute atomic E-state index is 8.98. The Morgan fingerprint density at radius 2 is 2.57 bits per heavy atom. The summed E-state index contributed by atoms with van der Waals surface area (Å²) in [6.45, 7) is 2.18. The smallest absolute Gasteiger partial charge is 0.108 e. The van der Waals surface area contributed by atoms with Crippen molar-refractivity contribution in [2.75, 3.05) is 6.61 Å². The van der Waals surface area contributed by atoms with Gasteiger partial charge in [0.1, 0.15) is 5.76 Å². The van der Waals surface area contributed by atoms with Gasteiger partial charge in [0.05, 0.1) is 12.9 Å². The number of furan rings is 1. The van der Waals surface area contributed by atoms with Crippen molar-refractivity contribution in [1.82, 2.24) is 5.32 Å². The molecule has 0 bridgehead atoms. The van der Waals surface area contributed by atoms with Gasteiger partial charge in [-0.3, -0.25) is 0 Å². The molecule has 1 aromatic heterocycles. The van der Waals surface area contributed by atoms with E-state index in [0.29, 0.717) is 6.04 Å². The van der Waals surface area contributed by atoms with Gasteiger partial charge >= 0.3 is 0 Å². The van der Waals surface area contributed by atoms with Crippen LogP contribution in [0, 0.1) is 0 Å². The molecule has 0 aliphatic heterocycles. The summed E-state index contributed by atoms with van der Waals surface area (Å²) >= 11 is 0. The Balaban J connectivity index is 2.08. The highest BCUT2D eigenvalue weighted by Crippen LogP contribution is 2.30. The van der Waals surface area contributed by atoms with Crippen LogP contribution in [0.3, 0.4) is 0 Å². The molecule has 2 atom stereocenters. The lowest BCUT2D eigenvalue weighted by Gasteiger charge is -2.25. The Morgan fingerprint density at radius 1 is 1.71 bits per heavy atom. The van der Waals surface area contributed by atoms with Crippen LogP contribution in [0.25, 0.3) is 0 Å². The van der Waals surface area contributed by atoms with Crippen LogP contribution >= 0.6 is 0 Å². The van der Waals surface area contributed by atoms with E-state index in [9.17, 15) is 0 Å². The second kappa shape index (κ2) is 4.15. The van der Waals surface area contributed by atoms with Crippen LogP contribution in [0.2, 0.25) is 0 Å². The van der Waals surface area contributed by atoms with E-state index < -0.39 is 0 Å². The minimum atomic E-state index is 0.154. The summed E-state index contributed by atoms with van der Waals surface area (Å²) in [5.74, 6) is 1.11. The topological polar surface area (TPSA) is 45.4 Å². The summed E-state index contributed by atoms with van der Waals surface area (Å²) in [6.07, 6.45) is 5.11. The normalized spacial score (nSPS) is 23.1. The molecule has 0 amide bonds. The molecule has 2 rings (SSSR count). The minimum Gasteiger partial charge on any atom is -0.469 e. The van der Waals surface area contributed by atoms with Crippen molar-refractivity contribution < 1.29 is 9.52 Å². The van der Waals surface area contributed by atoms with Gasteiger partial charge in [0.15, 0.2) is 0 Å².